The Bertz CT molecular complexity index is 642. The first kappa shape index (κ1) is 15.2. The third-order valence-corrected chi connectivity index (χ3v) is 5.04. The highest BCUT2D eigenvalue weighted by atomic mass is 32.2. The van der Waals surface area contributed by atoms with E-state index in [0.717, 1.165) is 28.8 Å². The van der Waals surface area contributed by atoms with Crippen LogP contribution in [0.1, 0.15) is 25.3 Å². The van der Waals surface area contributed by atoms with Crippen LogP contribution in [0.2, 0.25) is 0 Å². The maximum atomic E-state index is 6.35. The number of piperidine rings is 1. The minimum atomic E-state index is 0.691. The van der Waals surface area contributed by atoms with Crippen LogP contribution < -0.4 is 10.6 Å². The molecule has 0 saturated carbocycles. The van der Waals surface area contributed by atoms with E-state index in [-0.39, 0.29) is 0 Å². The van der Waals surface area contributed by atoms with Gasteiger partial charge in [0, 0.05) is 18.0 Å². The Morgan fingerprint density at radius 1 is 1.23 bits per heavy atom. The Morgan fingerprint density at radius 2 is 2.00 bits per heavy atom. The molecular weight excluding hydrogens is 292 g/mol. The summed E-state index contributed by atoms with van der Waals surface area (Å²) in [5.41, 5.74) is 8.30. The second-order valence-corrected chi connectivity index (χ2v) is 7.09. The van der Waals surface area contributed by atoms with E-state index < -0.39 is 0 Å². The number of hydrogen-bond donors (Lipinski definition) is 1. The van der Waals surface area contributed by atoms with Crippen LogP contribution in [0.4, 0.5) is 11.5 Å². The maximum absolute atomic E-state index is 6.35. The van der Waals surface area contributed by atoms with Crippen LogP contribution in [0.15, 0.2) is 40.5 Å². The van der Waals surface area contributed by atoms with E-state index in [0.29, 0.717) is 11.6 Å². The molecule has 4 nitrogen and oxygen atoms in total. The summed E-state index contributed by atoms with van der Waals surface area (Å²) >= 11 is 1.60. The van der Waals surface area contributed by atoms with Crippen LogP contribution in [0, 0.1) is 12.8 Å². The lowest BCUT2D eigenvalue weighted by Gasteiger charge is -2.32. The van der Waals surface area contributed by atoms with E-state index >= 15 is 0 Å². The van der Waals surface area contributed by atoms with E-state index in [1.165, 1.54) is 18.4 Å². The summed E-state index contributed by atoms with van der Waals surface area (Å²) in [4.78, 5) is 12.2. The monoisotopic (exact) mass is 314 g/mol. The first-order valence-electron chi connectivity index (χ1n) is 7.73. The molecule has 2 heterocycles. The van der Waals surface area contributed by atoms with Crippen LogP contribution in [0.25, 0.3) is 0 Å². The van der Waals surface area contributed by atoms with Crippen molar-refractivity contribution in [3.8, 4) is 0 Å². The van der Waals surface area contributed by atoms with Gasteiger partial charge in [-0.2, -0.15) is 0 Å². The average Bonchev–Trinajstić information content (AvgIpc) is 2.51. The molecule has 1 aromatic carbocycles. The molecule has 1 fully saturated rings. The van der Waals surface area contributed by atoms with Crippen molar-refractivity contribution in [3.05, 3.63) is 36.2 Å². The summed E-state index contributed by atoms with van der Waals surface area (Å²) in [6.45, 7) is 6.42. The SMILES string of the molecule is Cc1ccc(Sc2ncnc(N3CCCC(C)C3)c2N)cc1. The number of nitrogens with zero attached hydrogens (tertiary/aromatic N) is 3. The fraction of sp³-hybridized carbons (Fsp3) is 0.412. The number of nitrogens with two attached hydrogens (primary N) is 1. The van der Waals surface area contributed by atoms with Crippen LogP contribution >= 0.6 is 11.8 Å². The molecule has 0 spiro atoms. The van der Waals surface area contributed by atoms with Crippen molar-refractivity contribution < 1.29 is 0 Å². The van der Waals surface area contributed by atoms with Crippen molar-refractivity contribution in [2.24, 2.45) is 5.92 Å². The highest BCUT2D eigenvalue weighted by molar-refractivity contribution is 7.99. The zero-order valence-electron chi connectivity index (χ0n) is 13.1. The van der Waals surface area contributed by atoms with Gasteiger partial charge in [-0.1, -0.05) is 36.4 Å². The molecule has 0 amide bonds. The molecule has 22 heavy (non-hydrogen) atoms. The molecule has 0 bridgehead atoms. The number of nitrogen functional groups attached to an aromatic ring is 1. The molecule has 0 aliphatic carbocycles. The van der Waals surface area contributed by atoms with Gasteiger partial charge in [-0.3, -0.25) is 0 Å². The summed E-state index contributed by atoms with van der Waals surface area (Å²) in [5.74, 6) is 1.58. The number of benzene rings is 1. The lowest BCUT2D eigenvalue weighted by molar-refractivity contribution is 0.444. The van der Waals surface area contributed by atoms with E-state index in [2.05, 4.69) is 53.0 Å². The lowest BCUT2D eigenvalue weighted by atomic mass is 10.0. The van der Waals surface area contributed by atoms with Gasteiger partial charge in [-0.15, -0.1) is 0 Å². The molecule has 3 rings (SSSR count). The number of aromatic nitrogens is 2. The van der Waals surface area contributed by atoms with Crippen LogP contribution in [-0.4, -0.2) is 23.1 Å². The van der Waals surface area contributed by atoms with Gasteiger partial charge in [-0.05, 0) is 37.8 Å². The molecule has 0 radical (unpaired) electrons. The smallest absolute Gasteiger partial charge is 0.156 e. The van der Waals surface area contributed by atoms with Gasteiger partial charge in [0.2, 0.25) is 0 Å². The minimum Gasteiger partial charge on any atom is -0.394 e. The van der Waals surface area contributed by atoms with Gasteiger partial charge >= 0.3 is 0 Å². The van der Waals surface area contributed by atoms with Crippen molar-refractivity contribution >= 4 is 23.3 Å². The molecule has 1 atom stereocenters. The predicted octanol–water partition coefficient (Wildman–Crippen LogP) is 3.75. The molecule has 1 saturated heterocycles. The van der Waals surface area contributed by atoms with E-state index in [4.69, 9.17) is 5.73 Å². The van der Waals surface area contributed by atoms with Gasteiger partial charge < -0.3 is 10.6 Å². The normalized spacial score (nSPS) is 18.5. The van der Waals surface area contributed by atoms with Crippen LogP contribution in [0.5, 0.6) is 0 Å². The van der Waals surface area contributed by atoms with Crippen LogP contribution in [0.3, 0.4) is 0 Å². The fourth-order valence-electron chi connectivity index (χ4n) is 2.80. The predicted molar refractivity (Wildman–Crippen MR) is 92.4 cm³/mol. The van der Waals surface area contributed by atoms with Gasteiger partial charge in [0.25, 0.3) is 0 Å². The van der Waals surface area contributed by atoms with E-state index in [1.807, 2.05) is 0 Å². The molecule has 1 aliphatic rings. The number of anilines is 2. The number of rotatable bonds is 3. The largest absolute Gasteiger partial charge is 0.394 e. The first-order valence-corrected chi connectivity index (χ1v) is 8.55. The van der Waals surface area contributed by atoms with Gasteiger partial charge in [0.15, 0.2) is 5.82 Å². The van der Waals surface area contributed by atoms with E-state index in [9.17, 15) is 0 Å². The molecule has 5 heteroatoms. The van der Waals surface area contributed by atoms with Crippen molar-refractivity contribution in [1.82, 2.24) is 9.97 Å². The number of aryl methyl sites for hydroxylation is 1. The lowest BCUT2D eigenvalue weighted by Crippen LogP contribution is -2.35. The first-order chi connectivity index (χ1) is 10.6. The summed E-state index contributed by atoms with van der Waals surface area (Å²) in [5, 5.41) is 0.840. The van der Waals surface area contributed by atoms with Crippen LogP contribution in [-0.2, 0) is 0 Å². The molecule has 2 aromatic rings. The molecule has 1 unspecified atom stereocenters. The summed E-state index contributed by atoms with van der Waals surface area (Å²) in [7, 11) is 0. The topological polar surface area (TPSA) is 55.0 Å². The van der Waals surface area contributed by atoms with E-state index in [1.54, 1.807) is 18.1 Å². The van der Waals surface area contributed by atoms with Crippen molar-refractivity contribution in [3.63, 3.8) is 0 Å². The molecule has 1 aromatic heterocycles. The molecular formula is C17H22N4S. The molecule has 116 valence electrons. The Morgan fingerprint density at radius 3 is 2.73 bits per heavy atom. The standard InChI is InChI=1S/C17H22N4S/c1-12-5-7-14(8-6-12)22-17-15(18)16(19-11-20-17)21-9-3-4-13(2)10-21/h5-8,11,13H,3-4,9-10,18H2,1-2H3. The third-order valence-electron chi connectivity index (χ3n) is 4.02. The van der Waals surface area contributed by atoms with Gasteiger partial charge in [0.1, 0.15) is 17.0 Å². The quantitative estimate of drug-likeness (QED) is 0.874. The second kappa shape index (κ2) is 6.57. The fourth-order valence-corrected chi connectivity index (χ4v) is 3.60. The highest BCUT2D eigenvalue weighted by Gasteiger charge is 2.21. The summed E-state index contributed by atoms with van der Waals surface area (Å²) < 4.78 is 0. The molecule has 1 aliphatic heterocycles. The second-order valence-electron chi connectivity index (χ2n) is 6.02. The summed E-state index contributed by atoms with van der Waals surface area (Å²) in [6, 6.07) is 8.41. The zero-order chi connectivity index (χ0) is 15.5. The average molecular weight is 314 g/mol. The summed E-state index contributed by atoms with van der Waals surface area (Å²) in [6.07, 6.45) is 4.11. The third kappa shape index (κ3) is 3.35. The van der Waals surface area contributed by atoms with Gasteiger partial charge in [-0.25, -0.2) is 9.97 Å². The Balaban J connectivity index is 1.83. The van der Waals surface area contributed by atoms with Crippen molar-refractivity contribution in [2.75, 3.05) is 23.7 Å². The van der Waals surface area contributed by atoms with Crippen molar-refractivity contribution in [2.45, 2.75) is 36.6 Å². The van der Waals surface area contributed by atoms with Crippen molar-refractivity contribution in [1.29, 1.82) is 0 Å². The van der Waals surface area contributed by atoms with Gasteiger partial charge in [0.05, 0.1) is 0 Å². The minimum absolute atomic E-state index is 0.691. The number of hydrogen-bond acceptors (Lipinski definition) is 5. The Labute approximate surface area is 136 Å². The maximum Gasteiger partial charge on any atom is 0.156 e. The molecule has 2 N–H and O–H groups in total. The Kier molecular flexibility index (Phi) is 4.52. The zero-order valence-corrected chi connectivity index (χ0v) is 13.9. The Hall–Kier alpha value is -1.75. The highest BCUT2D eigenvalue weighted by Crippen LogP contribution is 2.35.